The Balaban J connectivity index is 2.06. The molecule has 0 aromatic carbocycles. The molecule has 2 heterocycles. The SMILES string of the molecule is CN1CCN(Cc2occc2C(=O)NN)CC1(C)C. The topological polar surface area (TPSA) is 74.7 Å². The quantitative estimate of drug-likeness (QED) is 0.471. The Morgan fingerprint density at radius 2 is 2.26 bits per heavy atom. The third-order valence-electron chi connectivity index (χ3n) is 3.88. The van der Waals surface area contributed by atoms with Gasteiger partial charge in [0, 0.05) is 25.2 Å². The Labute approximate surface area is 113 Å². The van der Waals surface area contributed by atoms with Gasteiger partial charge in [-0.3, -0.25) is 20.0 Å². The predicted octanol–water partition coefficient (Wildman–Crippen LogP) is 0.409. The molecule has 0 radical (unpaired) electrons. The molecule has 0 aliphatic carbocycles. The zero-order valence-corrected chi connectivity index (χ0v) is 11.8. The van der Waals surface area contributed by atoms with Crippen molar-refractivity contribution in [2.24, 2.45) is 5.84 Å². The summed E-state index contributed by atoms with van der Waals surface area (Å²) in [6.07, 6.45) is 1.53. The van der Waals surface area contributed by atoms with E-state index in [1.54, 1.807) is 6.07 Å². The van der Waals surface area contributed by atoms with E-state index in [9.17, 15) is 4.79 Å². The molecule has 0 unspecified atom stereocenters. The van der Waals surface area contributed by atoms with Crippen molar-refractivity contribution < 1.29 is 9.21 Å². The number of hydrogen-bond donors (Lipinski definition) is 2. The molecule has 1 saturated heterocycles. The van der Waals surface area contributed by atoms with Crippen molar-refractivity contribution in [3.05, 3.63) is 23.7 Å². The third kappa shape index (κ3) is 2.97. The lowest BCUT2D eigenvalue weighted by Crippen LogP contribution is -2.57. The number of nitrogens with one attached hydrogen (secondary N) is 1. The van der Waals surface area contributed by atoms with E-state index in [0.717, 1.165) is 19.6 Å². The maximum absolute atomic E-state index is 11.6. The fraction of sp³-hybridized carbons (Fsp3) is 0.615. The minimum Gasteiger partial charge on any atom is -0.467 e. The van der Waals surface area contributed by atoms with Gasteiger partial charge in [0.05, 0.1) is 18.4 Å². The fourth-order valence-corrected chi connectivity index (χ4v) is 2.42. The molecular formula is C13H22N4O2. The number of carbonyl (C=O) groups excluding carboxylic acids is 1. The first-order chi connectivity index (χ1) is 8.94. The molecule has 0 bridgehead atoms. The van der Waals surface area contributed by atoms with Gasteiger partial charge in [-0.2, -0.15) is 0 Å². The van der Waals surface area contributed by atoms with E-state index in [1.807, 2.05) is 0 Å². The number of carbonyl (C=O) groups is 1. The first-order valence-corrected chi connectivity index (χ1v) is 6.45. The highest BCUT2D eigenvalue weighted by molar-refractivity contribution is 5.94. The molecule has 0 atom stereocenters. The normalized spacial score (nSPS) is 20.4. The minimum atomic E-state index is -0.308. The molecule has 0 saturated carbocycles. The number of rotatable bonds is 3. The van der Waals surface area contributed by atoms with E-state index in [4.69, 9.17) is 10.3 Å². The zero-order valence-electron chi connectivity index (χ0n) is 11.8. The Morgan fingerprint density at radius 3 is 2.89 bits per heavy atom. The number of likely N-dealkylation sites (N-methyl/N-ethyl adjacent to an activating group) is 1. The van der Waals surface area contributed by atoms with Gasteiger partial charge in [0.15, 0.2) is 0 Å². The number of amides is 1. The van der Waals surface area contributed by atoms with E-state index in [0.29, 0.717) is 17.9 Å². The van der Waals surface area contributed by atoms with Gasteiger partial charge in [0.25, 0.3) is 5.91 Å². The van der Waals surface area contributed by atoms with Crippen LogP contribution in [0, 0.1) is 0 Å². The summed E-state index contributed by atoms with van der Waals surface area (Å²) in [6.45, 7) is 7.97. The van der Waals surface area contributed by atoms with E-state index in [-0.39, 0.29) is 11.4 Å². The Hall–Kier alpha value is -1.37. The van der Waals surface area contributed by atoms with Crippen LogP contribution in [-0.4, -0.2) is 47.9 Å². The molecule has 19 heavy (non-hydrogen) atoms. The third-order valence-corrected chi connectivity index (χ3v) is 3.88. The van der Waals surface area contributed by atoms with Gasteiger partial charge in [-0.15, -0.1) is 0 Å². The number of nitrogen functional groups attached to an aromatic ring is 1. The van der Waals surface area contributed by atoms with Crippen LogP contribution < -0.4 is 11.3 Å². The summed E-state index contributed by atoms with van der Waals surface area (Å²) in [5.74, 6) is 5.53. The summed E-state index contributed by atoms with van der Waals surface area (Å²) < 4.78 is 5.41. The van der Waals surface area contributed by atoms with Crippen LogP contribution in [-0.2, 0) is 6.54 Å². The second-order valence-corrected chi connectivity index (χ2v) is 5.68. The molecule has 106 valence electrons. The summed E-state index contributed by atoms with van der Waals surface area (Å²) >= 11 is 0. The van der Waals surface area contributed by atoms with Crippen LogP contribution in [0.3, 0.4) is 0 Å². The van der Waals surface area contributed by atoms with Gasteiger partial charge >= 0.3 is 0 Å². The number of piperazine rings is 1. The molecule has 1 fully saturated rings. The highest BCUT2D eigenvalue weighted by Crippen LogP contribution is 2.21. The van der Waals surface area contributed by atoms with Crippen LogP contribution in [0.25, 0.3) is 0 Å². The van der Waals surface area contributed by atoms with Gasteiger partial charge in [0.1, 0.15) is 5.76 Å². The number of nitrogens with zero attached hydrogens (tertiary/aromatic N) is 2. The van der Waals surface area contributed by atoms with Crippen molar-refractivity contribution in [3.63, 3.8) is 0 Å². The Morgan fingerprint density at radius 1 is 1.53 bits per heavy atom. The van der Waals surface area contributed by atoms with Crippen LogP contribution >= 0.6 is 0 Å². The molecule has 1 aliphatic heterocycles. The molecule has 3 N–H and O–H groups in total. The molecule has 6 heteroatoms. The number of furan rings is 1. The fourth-order valence-electron chi connectivity index (χ4n) is 2.42. The predicted molar refractivity (Wildman–Crippen MR) is 72.3 cm³/mol. The molecule has 6 nitrogen and oxygen atoms in total. The second kappa shape index (κ2) is 5.32. The number of nitrogens with two attached hydrogens (primary N) is 1. The zero-order chi connectivity index (χ0) is 14.0. The Bertz CT molecular complexity index is 455. The van der Waals surface area contributed by atoms with Crippen molar-refractivity contribution in [1.29, 1.82) is 0 Å². The van der Waals surface area contributed by atoms with Crippen LogP contribution in [0.4, 0.5) is 0 Å². The maximum atomic E-state index is 11.6. The van der Waals surface area contributed by atoms with Crippen molar-refractivity contribution >= 4 is 5.91 Å². The first-order valence-electron chi connectivity index (χ1n) is 6.45. The van der Waals surface area contributed by atoms with Crippen LogP contribution in [0.5, 0.6) is 0 Å². The summed E-state index contributed by atoms with van der Waals surface area (Å²) in [7, 11) is 2.14. The van der Waals surface area contributed by atoms with Gasteiger partial charge in [0.2, 0.25) is 0 Å². The van der Waals surface area contributed by atoms with Gasteiger partial charge in [-0.1, -0.05) is 0 Å². The average Bonchev–Trinajstić information content (AvgIpc) is 2.80. The van der Waals surface area contributed by atoms with Crippen molar-refractivity contribution in [1.82, 2.24) is 15.2 Å². The van der Waals surface area contributed by atoms with Gasteiger partial charge < -0.3 is 4.42 Å². The summed E-state index contributed by atoms with van der Waals surface area (Å²) in [6, 6.07) is 1.65. The van der Waals surface area contributed by atoms with E-state index in [2.05, 4.69) is 36.1 Å². The van der Waals surface area contributed by atoms with E-state index in [1.165, 1.54) is 6.26 Å². The highest BCUT2D eigenvalue weighted by Gasteiger charge is 2.31. The largest absolute Gasteiger partial charge is 0.467 e. The van der Waals surface area contributed by atoms with Crippen LogP contribution in [0.1, 0.15) is 30.0 Å². The van der Waals surface area contributed by atoms with Gasteiger partial charge in [-0.25, -0.2) is 5.84 Å². The average molecular weight is 266 g/mol. The molecule has 2 rings (SSSR count). The highest BCUT2D eigenvalue weighted by atomic mass is 16.3. The standard InChI is InChI=1S/C13H22N4O2/c1-13(2)9-17(6-5-16(13)3)8-11-10(4-7-19-11)12(18)15-14/h4,7H,5-6,8-9,14H2,1-3H3,(H,15,18). The number of hydrogen-bond acceptors (Lipinski definition) is 5. The van der Waals surface area contributed by atoms with Crippen molar-refractivity contribution in [2.45, 2.75) is 25.9 Å². The first kappa shape index (κ1) is 14.0. The Kier molecular flexibility index (Phi) is 3.93. The summed E-state index contributed by atoms with van der Waals surface area (Å²) in [5.41, 5.74) is 2.78. The van der Waals surface area contributed by atoms with Crippen LogP contribution in [0.15, 0.2) is 16.7 Å². The minimum absolute atomic E-state index is 0.126. The molecule has 1 aromatic rings. The summed E-state index contributed by atoms with van der Waals surface area (Å²) in [5, 5.41) is 0. The second-order valence-electron chi connectivity index (χ2n) is 5.68. The lowest BCUT2D eigenvalue weighted by molar-refractivity contribution is 0.0326. The van der Waals surface area contributed by atoms with Crippen molar-refractivity contribution in [2.75, 3.05) is 26.7 Å². The molecule has 0 spiro atoms. The lowest BCUT2D eigenvalue weighted by Gasteiger charge is -2.45. The molecule has 1 aliphatic rings. The van der Waals surface area contributed by atoms with Gasteiger partial charge in [-0.05, 0) is 27.0 Å². The molecule has 1 amide bonds. The summed E-state index contributed by atoms with van der Waals surface area (Å²) in [4.78, 5) is 16.2. The smallest absolute Gasteiger partial charge is 0.268 e. The number of hydrazine groups is 1. The molecular weight excluding hydrogens is 244 g/mol. The van der Waals surface area contributed by atoms with E-state index >= 15 is 0 Å². The van der Waals surface area contributed by atoms with E-state index < -0.39 is 0 Å². The van der Waals surface area contributed by atoms with Crippen LogP contribution in [0.2, 0.25) is 0 Å². The molecule has 1 aromatic heterocycles. The monoisotopic (exact) mass is 266 g/mol. The van der Waals surface area contributed by atoms with Crippen molar-refractivity contribution in [3.8, 4) is 0 Å². The maximum Gasteiger partial charge on any atom is 0.268 e. The lowest BCUT2D eigenvalue weighted by atomic mass is 9.99.